The number of carbonyl (C=O) groups is 1. The molecule has 0 aliphatic heterocycles. The maximum atomic E-state index is 10.8. The van der Waals surface area contributed by atoms with Crippen LogP contribution in [0.15, 0.2) is 0 Å². The first-order valence-corrected chi connectivity index (χ1v) is 4.25. The van der Waals surface area contributed by atoms with Crippen molar-refractivity contribution in [1.82, 2.24) is 0 Å². The molecule has 0 saturated carbocycles. The van der Waals surface area contributed by atoms with Gasteiger partial charge in [-0.15, -0.1) is 0 Å². The Labute approximate surface area is 67.1 Å². The molecular formula is C6H11O4P. The fourth-order valence-electron chi connectivity index (χ4n) is 0.513. The highest BCUT2D eigenvalue weighted by Gasteiger charge is 2.19. The Hall–Kier alpha value is -0.470. The van der Waals surface area contributed by atoms with Crippen LogP contribution in [0.3, 0.4) is 0 Å². The summed E-state index contributed by atoms with van der Waals surface area (Å²) in [5.74, 6) is -1.54. The highest BCUT2D eigenvalue weighted by atomic mass is 31.1. The standard InChI is InChI=1S/C6H11O4P/c1-3-9-5(7)6(11-8)10-4-2/h6H,3-4H2,1-2H3. The molecule has 0 bridgehead atoms. The fraction of sp³-hybridized carbons (Fsp3) is 0.833. The minimum absolute atomic E-state index is 0.276. The van der Waals surface area contributed by atoms with Crippen LogP contribution in [0.25, 0.3) is 0 Å². The molecular weight excluding hydrogens is 167 g/mol. The Balaban J connectivity index is 3.81. The molecule has 1 atom stereocenters. The first-order chi connectivity index (χ1) is 5.26. The summed E-state index contributed by atoms with van der Waals surface area (Å²) in [6.07, 6.45) is 0. The van der Waals surface area contributed by atoms with Crippen molar-refractivity contribution in [2.24, 2.45) is 0 Å². The van der Waals surface area contributed by atoms with Gasteiger partial charge in [-0.1, -0.05) is 0 Å². The van der Waals surface area contributed by atoms with Crippen LogP contribution in [0.2, 0.25) is 0 Å². The zero-order chi connectivity index (χ0) is 8.69. The summed E-state index contributed by atoms with van der Waals surface area (Å²) in [5, 5.41) is 0. The summed E-state index contributed by atoms with van der Waals surface area (Å²) in [6, 6.07) is 0. The smallest absolute Gasteiger partial charge is 0.347 e. The van der Waals surface area contributed by atoms with E-state index in [4.69, 9.17) is 4.74 Å². The van der Waals surface area contributed by atoms with E-state index in [-0.39, 0.29) is 15.1 Å². The van der Waals surface area contributed by atoms with E-state index in [9.17, 15) is 9.36 Å². The number of hydrogen-bond acceptors (Lipinski definition) is 4. The number of esters is 1. The molecule has 1 unspecified atom stereocenters. The summed E-state index contributed by atoms with van der Waals surface area (Å²) in [7, 11) is -0.353. The van der Waals surface area contributed by atoms with Crippen LogP contribution in [0, 0.1) is 0 Å². The molecule has 0 fully saturated rings. The lowest BCUT2D eigenvalue weighted by Gasteiger charge is -2.06. The maximum absolute atomic E-state index is 10.8. The number of hydrogen-bond donors (Lipinski definition) is 0. The predicted molar refractivity (Wildman–Crippen MR) is 39.7 cm³/mol. The van der Waals surface area contributed by atoms with Gasteiger partial charge in [0.2, 0.25) is 5.85 Å². The van der Waals surface area contributed by atoms with Crippen LogP contribution < -0.4 is 0 Å². The van der Waals surface area contributed by atoms with Gasteiger partial charge < -0.3 is 9.47 Å². The highest BCUT2D eigenvalue weighted by molar-refractivity contribution is 7.26. The van der Waals surface area contributed by atoms with E-state index in [1.54, 1.807) is 13.8 Å². The quantitative estimate of drug-likeness (QED) is 0.469. The van der Waals surface area contributed by atoms with Crippen LogP contribution in [-0.4, -0.2) is 25.0 Å². The number of rotatable bonds is 5. The monoisotopic (exact) mass is 178 g/mol. The Bertz CT molecular complexity index is 137. The van der Waals surface area contributed by atoms with E-state index in [2.05, 4.69) is 4.74 Å². The second-order valence-electron chi connectivity index (χ2n) is 1.67. The Morgan fingerprint density at radius 2 is 2.09 bits per heavy atom. The fourth-order valence-corrected chi connectivity index (χ4v) is 0.883. The molecule has 11 heavy (non-hydrogen) atoms. The van der Waals surface area contributed by atoms with Crippen molar-refractivity contribution in [3.63, 3.8) is 0 Å². The molecule has 0 spiro atoms. The van der Waals surface area contributed by atoms with E-state index in [1.807, 2.05) is 0 Å². The van der Waals surface area contributed by atoms with E-state index in [0.717, 1.165) is 0 Å². The molecule has 0 heterocycles. The average molecular weight is 178 g/mol. The van der Waals surface area contributed by atoms with Crippen molar-refractivity contribution in [3.8, 4) is 0 Å². The summed E-state index contributed by atoms with van der Waals surface area (Å²) in [6.45, 7) is 4.02. The van der Waals surface area contributed by atoms with Gasteiger partial charge in [0.05, 0.1) is 6.61 Å². The Morgan fingerprint density at radius 1 is 1.45 bits per heavy atom. The highest BCUT2D eigenvalue weighted by Crippen LogP contribution is 2.09. The first kappa shape index (κ1) is 10.5. The zero-order valence-corrected chi connectivity index (χ0v) is 7.47. The van der Waals surface area contributed by atoms with Crippen LogP contribution in [-0.2, 0) is 18.8 Å². The van der Waals surface area contributed by atoms with Gasteiger partial charge in [0.25, 0.3) is 0 Å². The Kier molecular flexibility index (Phi) is 5.99. The van der Waals surface area contributed by atoms with Gasteiger partial charge in [0.15, 0.2) is 8.46 Å². The molecule has 0 rings (SSSR count). The zero-order valence-electron chi connectivity index (χ0n) is 6.57. The molecule has 0 aliphatic carbocycles. The third-order valence-corrected chi connectivity index (χ3v) is 1.46. The second kappa shape index (κ2) is 6.25. The van der Waals surface area contributed by atoms with Crippen molar-refractivity contribution in [1.29, 1.82) is 0 Å². The van der Waals surface area contributed by atoms with Crippen molar-refractivity contribution in [2.45, 2.75) is 19.7 Å². The van der Waals surface area contributed by atoms with Crippen molar-refractivity contribution in [2.75, 3.05) is 13.2 Å². The maximum Gasteiger partial charge on any atom is 0.347 e. The third kappa shape index (κ3) is 4.06. The van der Waals surface area contributed by atoms with Gasteiger partial charge in [-0.05, 0) is 13.8 Å². The molecule has 0 aliphatic rings. The molecule has 0 amide bonds. The van der Waals surface area contributed by atoms with Crippen LogP contribution in [0.4, 0.5) is 0 Å². The molecule has 0 N–H and O–H groups in total. The van der Waals surface area contributed by atoms with Gasteiger partial charge >= 0.3 is 5.97 Å². The minimum Gasteiger partial charge on any atom is -0.463 e. The number of ether oxygens (including phenoxy) is 2. The van der Waals surface area contributed by atoms with E-state index >= 15 is 0 Å². The van der Waals surface area contributed by atoms with E-state index in [1.165, 1.54) is 0 Å². The summed E-state index contributed by atoms with van der Waals surface area (Å²) >= 11 is 0. The van der Waals surface area contributed by atoms with Crippen molar-refractivity contribution >= 4 is 14.4 Å². The second-order valence-corrected chi connectivity index (χ2v) is 2.34. The van der Waals surface area contributed by atoms with Crippen LogP contribution >= 0.6 is 8.46 Å². The molecule has 64 valence electrons. The lowest BCUT2D eigenvalue weighted by Crippen LogP contribution is -2.20. The Morgan fingerprint density at radius 3 is 2.45 bits per heavy atom. The van der Waals surface area contributed by atoms with Gasteiger partial charge in [0, 0.05) is 6.61 Å². The van der Waals surface area contributed by atoms with E-state index < -0.39 is 11.8 Å². The molecule has 0 saturated heterocycles. The third-order valence-electron chi connectivity index (χ3n) is 0.909. The van der Waals surface area contributed by atoms with Crippen LogP contribution in [0.5, 0.6) is 0 Å². The van der Waals surface area contributed by atoms with E-state index in [0.29, 0.717) is 6.61 Å². The average Bonchev–Trinajstić information content (AvgIpc) is 2.00. The van der Waals surface area contributed by atoms with Crippen molar-refractivity contribution < 1.29 is 18.8 Å². The summed E-state index contributed by atoms with van der Waals surface area (Å²) < 4.78 is 19.7. The molecule has 4 nitrogen and oxygen atoms in total. The minimum atomic E-state index is -0.958. The largest absolute Gasteiger partial charge is 0.463 e. The molecule has 0 radical (unpaired) electrons. The normalized spacial score (nSPS) is 12.9. The predicted octanol–water partition coefficient (Wildman–Crippen LogP) is 1.20. The first-order valence-electron chi connectivity index (χ1n) is 3.36. The van der Waals surface area contributed by atoms with Gasteiger partial charge in [-0.2, -0.15) is 0 Å². The van der Waals surface area contributed by atoms with Gasteiger partial charge in [0.1, 0.15) is 0 Å². The van der Waals surface area contributed by atoms with Crippen molar-refractivity contribution in [3.05, 3.63) is 0 Å². The van der Waals surface area contributed by atoms with Gasteiger partial charge in [-0.25, -0.2) is 4.79 Å². The van der Waals surface area contributed by atoms with Crippen LogP contribution in [0.1, 0.15) is 13.8 Å². The molecule has 0 aromatic carbocycles. The van der Waals surface area contributed by atoms with Gasteiger partial charge in [-0.3, -0.25) is 4.57 Å². The molecule has 0 aromatic rings. The lowest BCUT2D eigenvalue weighted by molar-refractivity contribution is -0.150. The lowest BCUT2D eigenvalue weighted by atomic mass is 10.7. The summed E-state index contributed by atoms with van der Waals surface area (Å²) in [5.41, 5.74) is 0. The summed E-state index contributed by atoms with van der Waals surface area (Å²) in [4.78, 5) is 10.8. The molecule has 0 aromatic heterocycles. The topological polar surface area (TPSA) is 52.6 Å². The SMILES string of the molecule is CCOC(=O)C(OCC)P=O. The molecule has 5 heteroatoms. The number of carbonyl (C=O) groups excluding carboxylic acids is 1.